The van der Waals surface area contributed by atoms with Gasteiger partial charge in [0.05, 0.1) is 10.9 Å². The zero-order valence-corrected chi connectivity index (χ0v) is 17.1. The Morgan fingerprint density at radius 1 is 1.08 bits per heavy atom. The summed E-state index contributed by atoms with van der Waals surface area (Å²) in [6.07, 6.45) is 6.69. The van der Waals surface area contributed by atoms with Gasteiger partial charge in [-0.25, -0.2) is 4.39 Å². The van der Waals surface area contributed by atoms with Gasteiger partial charge in [0.25, 0.3) is 0 Å². The lowest BCUT2D eigenvalue weighted by atomic mass is 9.48. The summed E-state index contributed by atoms with van der Waals surface area (Å²) in [4.78, 5) is 12.4. The molecule has 4 rings (SSSR count). The molecule has 0 amide bonds. The quantitative estimate of drug-likeness (QED) is 0.651. The van der Waals surface area contributed by atoms with E-state index in [4.69, 9.17) is 0 Å². The summed E-state index contributed by atoms with van der Waals surface area (Å²) in [6, 6.07) is 0. The van der Waals surface area contributed by atoms with Gasteiger partial charge in [-0.2, -0.15) is 0 Å². The predicted molar refractivity (Wildman–Crippen MR) is 100 cm³/mol. The first kappa shape index (κ1) is 18.4. The summed E-state index contributed by atoms with van der Waals surface area (Å²) in [5.41, 5.74) is -0.596. The van der Waals surface area contributed by atoms with Gasteiger partial charge in [0.2, 0.25) is 0 Å². The molecule has 0 aliphatic heterocycles. The molecule has 0 aromatic heterocycles. The number of carbonyl (C=O) groups excluding carboxylic acids is 1. The van der Waals surface area contributed by atoms with Crippen LogP contribution >= 0.6 is 15.9 Å². The highest BCUT2D eigenvalue weighted by Crippen LogP contribution is 2.65. The molecule has 0 bridgehead atoms. The minimum Gasteiger partial charge on any atom is -0.390 e. The lowest BCUT2D eigenvalue weighted by molar-refractivity contribution is -0.137. The molecule has 25 heavy (non-hydrogen) atoms. The molecule has 1 N–H and O–H groups in total. The number of rotatable bonds is 2. The van der Waals surface area contributed by atoms with E-state index >= 15 is 4.39 Å². The molecule has 0 spiro atoms. The minimum absolute atomic E-state index is 0.0516. The average Bonchev–Trinajstić information content (AvgIpc) is 2.91. The van der Waals surface area contributed by atoms with Crippen molar-refractivity contribution >= 4 is 21.7 Å². The lowest BCUT2D eigenvalue weighted by Crippen LogP contribution is -2.54. The van der Waals surface area contributed by atoms with Crippen LogP contribution in [0.4, 0.5) is 4.39 Å². The molecule has 0 aromatic carbocycles. The Balaban J connectivity index is 1.58. The van der Waals surface area contributed by atoms with E-state index in [0.717, 1.165) is 38.5 Å². The molecular weight excluding hydrogens is 383 g/mol. The van der Waals surface area contributed by atoms with Crippen molar-refractivity contribution in [1.29, 1.82) is 0 Å². The van der Waals surface area contributed by atoms with Crippen LogP contribution in [0.25, 0.3) is 0 Å². The second-order valence-electron chi connectivity index (χ2n) is 10.0. The highest BCUT2D eigenvalue weighted by molar-refractivity contribution is 9.09. The largest absolute Gasteiger partial charge is 0.390 e. The zero-order chi connectivity index (χ0) is 18.0. The molecule has 9 atom stereocenters. The average molecular weight is 415 g/mol. The Morgan fingerprint density at radius 3 is 2.48 bits per heavy atom. The van der Waals surface area contributed by atoms with Crippen molar-refractivity contribution in [1.82, 2.24) is 0 Å². The van der Waals surface area contributed by atoms with Gasteiger partial charge in [0, 0.05) is 5.92 Å². The first-order valence-corrected chi connectivity index (χ1v) is 11.3. The summed E-state index contributed by atoms with van der Waals surface area (Å²) in [7, 11) is 0. The van der Waals surface area contributed by atoms with Crippen molar-refractivity contribution in [2.75, 3.05) is 5.33 Å². The third kappa shape index (κ3) is 2.85. The Labute approximate surface area is 159 Å². The van der Waals surface area contributed by atoms with Gasteiger partial charge in [-0.1, -0.05) is 22.9 Å². The highest BCUT2D eigenvalue weighted by atomic mass is 79.9. The van der Waals surface area contributed by atoms with Crippen molar-refractivity contribution in [3.63, 3.8) is 0 Å². The number of hydrogen-bond donors (Lipinski definition) is 1. The van der Waals surface area contributed by atoms with Crippen LogP contribution in [0.1, 0.15) is 65.2 Å². The molecule has 9 unspecified atom stereocenters. The second-order valence-corrected chi connectivity index (χ2v) is 10.6. The fourth-order valence-electron chi connectivity index (χ4n) is 7.62. The Morgan fingerprint density at radius 2 is 1.76 bits per heavy atom. The highest BCUT2D eigenvalue weighted by Gasteiger charge is 2.60. The number of aliphatic hydroxyl groups is 1. The molecule has 0 saturated heterocycles. The molecule has 4 fully saturated rings. The fourth-order valence-corrected chi connectivity index (χ4v) is 8.02. The van der Waals surface area contributed by atoms with Crippen molar-refractivity contribution < 1.29 is 14.3 Å². The van der Waals surface area contributed by atoms with Gasteiger partial charge in [0.15, 0.2) is 0 Å². The first-order valence-electron chi connectivity index (χ1n) is 10.2. The topological polar surface area (TPSA) is 37.3 Å². The summed E-state index contributed by atoms with van der Waals surface area (Å²) in [5.74, 6) is 2.60. The summed E-state index contributed by atoms with van der Waals surface area (Å²) in [5, 5.41) is 10.9. The maximum absolute atomic E-state index is 15.2. The van der Waals surface area contributed by atoms with Crippen LogP contribution in [0.15, 0.2) is 0 Å². The molecule has 4 aliphatic rings. The molecule has 2 nitrogen and oxygen atoms in total. The van der Waals surface area contributed by atoms with Gasteiger partial charge in [-0.05, 0) is 93.3 Å². The Bertz CT molecular complexity index is 550. The number of fused-ring (bicyclic) bond motifs is 5. The standard InChI is InChI=1S/C21H32BrFO2/c1-20(25)7-5-13-12-6-8-21(2)16(3-4-17(21)19(24)11-22)14(12)9-18(23)15(13)10-20/h12-18,25H,3-11H2,1-2H3. The van der Waals surface area contributed by atoms with Crippen LogP contribution in [-0.4, -0.2) is 28.0 Å². The minimum atomic E-state index is -0.772. The van der Waals surface area contributed by atoms with Crippen LogP contribution in [0.5, 0.6) is 0 Å². The van der Waals surface area contributed by atoms with E-state index in [1.54, 1.807) is 0 Å². The van der Waals surface area contributed by atoms with Gasteiger partial charge in [-0.15, -0.1) is 0 Å². The number of Topliss-reactive ketones (excluding diaryl/α,β-unsaturated/α-hetero) is 1. The second kappa shape index (κ2) is 6.29. The van der Waals surface area contributed by atoms with Crippen LogP contribution in [0, 0.1) is 40.9 Å². The molecule has 4 aliphatic carbocycles. The van der Waals surface area contributed by atoms with E-state index < -0.39 is 11.8 Å². The molecule has 0 aromatic rings. The molecule has 0 heterocycles. The number of ketones is 1. The molecule has 0 radical (unpaired) electrons. The number of halogens is 2. The van der Waals surface area contributed by atoms with E-state index in [1.165, 1.54) is 0 Å². The fraction of sp³-hybridized carbons (Fsp3) is 0.952. The molecule has 142 valence electrons. The number of carbonyl (C=O) groups is 1. The van der Waals surface area contributed by atoms with Gasteiger partial charge >= 0.3 is 0 Å². The first-order chi connectivity index (χ1) is 11.8. The maximum Gasteiger partial charge on any atom is 0.147 e. The normalized spacial score (nSPS) is 55.2. The molecule has 4 heteroatoms. The van der Waals surface area contributed by atoms with Gasteiger partial charge in [-0.3, -0.25) is 4.79 Å². The molecule has 4 saturated carbocycles. The van der Waals surface area contributed by atoms with E-state index in [-0.39, 0.29) is 17.3 Å². The van der Waals surface area contributed by atoms with Crippen molar-refractivity contribution in [3.8, 4) is 0 Å². The third-order valence-corrected chi connectivity index (χ3v) is 9.32. The third-order valence-electron chi connectivity index (χ3n) is 8.77. The van der Waals surface area contributed by atoms with Crippen LogP contribution < -0.4 is 0 Å². The summed E-state index contributed by atoms with van der Waals surface area (Å²) < 4.78 is 15.2. The van der Waals surface area contributed by atoms with Gasteiger partial charge in [0.1, 0.15) is 12.0 Å². The smallest absolute Gasteiger partial charge is 0.147 e. The Hall–Kier alpha value is 0.0400. The van der Waals surface area contributed by atoms with Crippen LogP contribution in [0.3, 0.4) is 0 Å². The molecular formula is C21H32BrFO2. The van der Waals surface area contributed by atoms with E-state index in [0.29, 0.717) is 47.6 Å². The van der Waals surface area contributed by atoms with Crippen LogP contribution in [-0.2, 0) is 4.79 Å². The van der Waals surface area contributed by atoms with Crippen molar-refractivity contribution in [3.05, 3.63) is 0 Å². The van der Waals surface area contributed by atoms with E-state index in [2.05, 4.69) is 22.9 Å². The maximum atomic E-state index is 15.2. The predicted octanol–water partition coefficient (Wildman–Crippen LogP) is 4.92. The lowest BCUT2D eigenvalue weighted by Gasteiger charge is -2.57. The van der Waals surface area contributed by atoms with E-state index in [9.17, 15) is 9.90 Å². The summed E-state index contributed by atoms with van der Waals surface area (Å²) in [6.45, 7) is 4.20. The van der Waals surface area contributed by atoms with Crippen molar-refractivity contribution in [2.24, 2.45) is 40.9 Å². The van der Waals surface area contributed by atoms with Gasteiger partial charge < -0.3 is 5.11 Å². The van der Waals surface area contributed by atoms with Crippen molar-refractivity contribution in [2.45, 2.75) is 77.0 Å². The van der Waals surface area contributed by atoms with E-state index in [1.807, 2.05) is 6.92 Å². The number of alkyl halides is 2. The Kier molecular flexibility index (Phi) is 4.63. The zero-order valence-electron chi connectivity index (χ0n) is 15.5. The number of hydrogen-bond acceptors (Lipinski definition) is 2. The monoisotopic (exact) mass is 414 g/mol. The summed E-state index contributed by atoms with van der Waals surface area (Å²) >= 11 is 3.37. The SMILES string of the molecule is CC1(O)CCC2C(C1)C(F)CC1C2CCC2(C)C(C(=O)CBr)CCC12. The van der Waals surface area contributed by atoms with Crippen LogP contribution in [0.2, 0.25) is 0 Å².